The van der Waals surface area contributed by atoms with Crippen LogP contribution in [0, 0.1) is 5.41 Å². The SMILES string of the molecule is CCC1NCC12CCC2. The third kappa shape index (κ3) is 0.586. The van der Waals surface area contributed by atoms with Gasteiger partial charge in [0.25, 0.3) is 0 Å². The molecule has 2 fully saturated rings. The van der Waals surface area contributed by atoms with Gasteiger partial charge in [-0.2, -0.15) is 0 Å². The number of nitrogens with one attached hydrogen (secondary N) is 1. The number of hydrogen-bond acceptors (Lipinski definition) is 1. The molecule has 0 aromatic heterocycles. The molecule has 1 unspecified atom stereocenters. The van der Waals surface area contributed by atoms with Crippen molar-refractivity contribution in [3.8, 4) is 0 Å². The lowest BCUT2D eigenvalue weighted by molar-refractivity contribution is -0.00580. The minimum absolute atomic E-state index is 0.800. The summed E-state index contributed by atoms with van der Waals surface area (Å²) in [6, 6.07) is 0.881. The Kier molecular flexibility index (Phi) is 1.10. The Bertz CT molecular complexity index is 108. The van der Waals surface area contributed by atoms with Crippen LogP contribution in [0.5, 0.6) is 0 Å². The number of rotatable bonds is 1. The molecule has 0 radical (unpaired) electrons. The monoisotopic (exact) mass is 125 g/mol. The topological polar surface area (TPSA) is 12.0 Å². The van der Waals surface area contributed by atoms with E-state index in [1.807, 2.05) is 0 Å². The van der Waals surface area contributed by atoms with Gasteiger partial charge < -0.3 is 5.32 Å². The van der Waals surface area contributed by atoms with Gasteiger partial charge in [0.15, 0.2) is 0 Å². The molecule has 1 nitrogen and oxygen atoms in total. The van der Waals surface area contributed by atoms with E-state index in [0.717, 1.165) is 11.5 Å². The third-order valence-electron chi connectivity index (χ3n) is 3.20. The maximum absolute atomic E-state index is 3.49. The molecule has 0 aromatic carbocycles. The zero-order valence-electron chi connectivity index (χ0n) is 6.11. The molecule has 1 heterocycles. The molecule has 0 bridgehead atoms. The fraction of sp³-hybridized carbons (Fsp3) is 1.00. The van der Waals surface area contributed by atoms with Gasteiger partial charge in [0.1, 0.15) is 0 Å². The first kappa shape index (κ1) is 5.72. The summed E-state index contributed by atoms with van der Waals surface area (Å²) in [5.41, 5.74) is 0.800. The summed E-state index contributed by atoms with van der Waals surface area (Å²) in [5.74, 6) is 0. The van der Waals surface area contributed by atoms with Gasteiger partial charge in [0.2, 0.25) is 0 Å². The van der Waals surface area contributed by atoms with E-state index in [4.69, 9.17) is 0 Å². The highest BCUT2D eigenvalue weighted by Gasteiger charge is 2.49. The van der Waals surface area contributed by atoms with Crippen molar-refractivity contribution in [1.82, 2.24) is 5.32 Å². The first-order chi connectivity index (χ1) is 4.37. The molecule has 1 saturated heterocycles. The van der Waals surface area contributed by atoms with Crippen molar-refractivity contribution >= 4 is 0 Å². The quantitative estimate of drug-likeness (QED) is 0.560. The van der Waals surface area contributed by atoms with Crippen LogP contribution in [0.3, 0.4) is 0 Å². The Hall–Kier alpha value is -0.0400. The second-order valence-electron chi connectivity index (χ2n) is 3.56. The second kappa shape index (κ2) is 1.72. The van der Waals surface area contributed by atoms with Gasteiger partial charge in [-0.3, -0.25) is 0 Å². The Morgan fingerprint density at radius 2 is 2.33 bits per heavy atom. The van der Waals surface area contributed by atoms with Gasteiger partial charge in [0, 0.05) is 12.6 Å². The van der Waals surface area contributed by atoms with Crippen molar-refractivity contribution < 1.29 is 0 Å². The van der Waals surface area contributed by atoms with Crippen molar-refractivity contribution in [1.29, 1.82) is 0 Å². The van der Waals surface area contributed by atoms with Crippen LogP contribution in [-0.2, 0) is 0 Å². The first-order valence-corrected chi connectivity index (χ1v) is 4.11. The van der Waals surface area contributed by atoms with E-state index in [2.05, 4.69) is 12.2 Å². The average molecular weight is 125 g/mol. The number of hydrogen-bond donors (Lipinski definition) is 1. The van der Waals surface area contributed by atoms with Crippen molar-refractivity contribution in [2.45, 2.75) is 38.6 Å². The standard InChI is InChI=1S/C8H15N/c1-2-7-8(6-9-7)4-3-5-8/h7,9H,2-6H2,1H3. The molecule has 1 aliphatic heterocycles. The second-order valence-corrected chi connectivity index (χ2v) is 3.56. The van der Waals surface area contributed by atoms with Crippen LogP contribution in [0.4, 0.5) is 0 Å². The van der Waals surface area contributed by atoms with Crippen LogP contribution < -0.4 is 5.32 Å². The van der Waals surface area contributed by atoms with E-state index in [1.54, 1.807) is 0 Å². The highest BCUT2D eigenvalue weighted by atomic mass is 15.0. The Morgan fingerprint density at radius 1 is 1.56 bits per heavy atom. The largest absolute Gasteiger partial charge is 0.313 e. The van der Waals surface area contributed by atoms with Crippen LogP contribution in [-0.4, -0.2) is 12.6 Å². The van der Waals surface area contributed by atoms with Crippen molar-refractivity contribution in [3.63, 3.8) is 0 Å². The molecule has 1 saturated carbocycles. The molecular formula is C8H15N. The summed E-state index contributed by atoms with van der Waals surface area (Å²) in [7, 11) is 0. The lowest BCUT2D eigenvalue weighted by Gasteiger charge is -2.56. The van der Waals surface area contributed by atoms with E-state index in [9.17, 15) is 0 Å². The minimum Gasteiger partial charge on any atom is -0.313 e. The predicted octanol–water partition coefficient (Wildman–Crippen LogP) is 1.54. The molecular weight excluding hydrogens is 110 g/mol. The molecule has 1 N–H and O–H groups in total. The average Bonchev–Trinajstić information content (AvgIpc) is 1.59. The highest BCUT2D eigenvalue weighted by molar-refractivity contribution is 5.05. The van der Waals surface area contributed by atoms with Gasteiger partial charge in [0.05, 0.1) is 0 Å². The van der Waals surface area contributed by atoms with Gasteiger partial charge in [-0.15, -0.1) is 0 Å². The van der Waals surface area contributed by atoms with Crippen LogP contribution in [0.15, 0.2) is 0 Å². The summed E-state index contributed by atoms with van der Waals surface area (Å²) < 4.78 is 0. The van der Waals surface area contributed by atoms with Crippen LogP contribution in [0.2, 0.25) is 0 Å². The molecule has 1 atom stereocenters. The normalized spacial score (nSPS) is 37.7. The molecule has 0 amide bonds. The summed E-state index contributed by atoms with van der Waals surface area (Å²) >= 11 is 0. The van der Waals surface area contributed by atoms with Gasteiger partial charge in [-0.25, -0.2) is 0 Å². The Morgan fingerprint density at radius 3 is 2.44 bits per heavy atom. The van der Waals surface area contributed by atoms with E-state index >= 15 is 0 Å². The smallest absolute Gasteiger partial charge is 0.0133 e. The van der Waals surface area contributed by atoms with Gasteiger partial charge in [-0.05, 0) is 24.7 Å². The first-order valence-electron chi connectivity index (χ1n) is 4.11. The van der Waals surface area contributed by atoms with Gasteiger partial charge >= 0.3 is 0 Å². The van der Waals surface area contributed by atoms with Crippen LogP contribution in [0.25, 0.3) is 0 Å². The molecule has 1 aliphatic carbocycles. The molecule has 2 aliphatic rings. The summed E-state index contributed by atoms with van der Waals surface area (Å²) in [6.07, 6.45) is 5.81. The maximum Gasteiger partial charge on any atom is 0.0133 e. The third-order valence-corrected chi connectivity index (χ3v) is 3.20. The van der Waals surface area contributed by atoms with Crippen molar-refractivity contribution in [2.24, 2.45) is 5.41 Å². The molecule has 0 aromatic rings. The minimum atomic E-state index is 0.800. The lowest BCUT2D eigenvalue weighted by Crippen LogP contribution is -2.65. The summed E-state index contributed by atoms with van der Waals surface area (Å²) in [4.78, 5) is 0. The highest BCUT2D eigenvalue weighted by Crippen LogP contribution is 2.49. The Balaban J connectivity index is 1.97. The Labute approximate surface area is 56.8 Å². The van der Waals surface area contributed by atoms with Gasteiger partial charge in [-0.1, -0.05) is 13.3 Å². The van der Waals surface area contributed by atoms with Crippen LogP contribution >= 0.6 is 0 Å². The van der Waals surface area contributed by atoms with E-state index in [1.165, 1.54) is 32.2 Å². The molecule has 52 valence electrons. The predicted molar refractivity (Wildman–Crippen MR) is 38.4 cm³/mol. The fourth-order valence-corrected chi connectivity index (χ4v) is 2.27. The van der Waals surface area contributed by atoms with E-state index < -0.39 is 0 Å². The van der Waals surface area contributed by atoms with E-state index in [0.29, 0.717) is 0 Å². The van der Waals surface area contributed by atoms with E-state index in [-0.39, 0.29) is 0 Å². The summed E-state index contributed by atoms with van der Waals surface area (Å²) in [6.45, 7) is 3.60. The lowest BCUT2D eigenvalue weighted by atomic mass is 9.59. The van der Waals surface area contributed by atoms with Crippen LogP contribution in [0.1, 0.15) is 32.6 Å². The molecule has 2 rings (SSSR count). The zero-order valence-corrected chi connectivity index (χ0v) is 6.11. The molecule has 1 spiro atoms. The molecule has 9 heavy (non-hydrogen) atoms. The fourth-order valence-electron chi connectivity index (χ4n) is 2.27. The summed E-state index contributed by atoms with van der Waals surface area (Å²) in [5, 5.41) is 3.49. The maximum atomic E-state index is 3.49. The zero-order chi connectivity index (χ0) is 6.32. The van der Waals surface area contributed by atoms with Crippen molar-refractivity contribution in [2.75, 3.05) is 6.54 Å². The molecule has 1 heteroatoms. The van der Waals surface area contributed by atoms with Crippen molar-refractivity contribution in [3.05, 3.63) is 0 Å².